The van der Waals surface area contributed by atoms with Gasteiger partial charge >= 0.3 is 0 Å². The van der Waals surface area contributed by atoms with E-state index in [0.29, 0.717) is 11.8 Å². The number of hydrogen-bond acceptors (Lipinski definition) is 5. The third-order valence-electron chi connectivity index (χ3n) is 5.02. The van der Waals surface area contributed by atoms with Gasteiger partial charge in [-0.2, -0.15) is 0 Å². The number of carbonyl (C=O) groups excluding carboxylic acids is 1. The van der Waals surface area contributed by atoms with Crippen LogP contribution in [0.3, 0.4) is 0 Å². The van der Waals surface area contributed by atoms with Crippen molar-refractivity contribution in [2.45, 2.75) is 38.5 Å². The topological polar surface area (TPSA) is 61.4 Å². The Labute approximate surface area is 138 Å². The Hall–Kier alpha value is -1.85. The van der Waals surface area contributed by atoms with Crippen LogP contribution in [0.4, 0.5) is 11.6 Å². The minimum absolute atomic E-state index is 0.345. The highest BCUT2D eigenvalue weighted by molar-refractivity contribution is 5.76. The van der Waals surface area contributed by atoms with Gasteiger partial charge in [0, 0.05) is 45.7 Å². The molecule has 0 spiro atoms. The van der Waals surface area contributed by atoms with Crippen molar-refractivity contribution in [1.29, 1.82) is 0 Å². The van der Waals surface area contributed by atoms with Gasteiger partial charge in [-0.25, -0.2) is 9.97 Å². The van der Waals surface area contributed by atoms with Crippen molar-refractivity contribution < 1.29 is 4.79 Å². The zero-order chi connectivity index (χ0) is 16.1. The molecule has 1 aliphatic carbocycles. The predicted molar refractivity (Wildman–Crippen MR) is 91.6 cm³/mol. The van der Waals surface area contributed by atoms with E-state index in [4.69, 9.17) is 0 Å². The average Bonchev–Trinajstić information content (AvgIpc) is 2.96. The number of nitrogens with one attached hydrogen (secondary N) is 1. The standard InChI is InChI=1S/C17H27N5O/c1-18-15-12-16(20-13-19-15)21-7-4-8-22(10-9-21)17(23)11-14-5-2-3-6-14/h12-14H,2-11H2,1H3,(H,18,19,20). The van der Waals surface area contributed by atoms with Crippen molar-refractivity contribution in [2.24, 2.45) is 5.92 Å². The summed E-state index contributed by atoms with van der Waals surface area (Å²) in [7, 11) is 1.86. The van der Waals surface area contributed by atoms with E-state index in [1.165, 1.54) is 25.7 Å². The lowest BCUT2D eigenvalue weighted by molar-refractivity contribution is -0.131. The van der Waals surface area contributed by atoms with Crippen LogP contribution in [0.5, 0.6) is 0 Å². The maximum absolute atomic E-state index is 12.5. The number of amides is 1. The fourth-order valence-electron chi connectivity index (χ4n) is 3.64. The Balaban J connectivity index is 1.56. The lowest BCUT2D eigenvalue weighted by Gasteiger charge is -2.24. The van der Waals surface area contributed by atoms with E-state index in [-0.39, 0.29) is 0 Å². The van der Waals surface area contributed by atoms with Gasteiger partial charge in [0.05, 0.1) is 0 Å². The predicted octanol–water partition coefficient (Wildman–Crippen LogP) is 2.14. The molecule has 126 valence electrons. The summed E-state index contributed by atoms with van der Waals surface area (Å²) < 4.78 is 0. The van der Waals surface area contributed by atoms with Gasteiger partial charge in [0.2, 0.25) is 5.91 Å². The SMILES string of the molecule is CNc1cc(N2CCCN(C(=O)CC3CCCC3)CC2)ncn1. The Bertz CT molecular complexity index is 529. The van der Waals surface area contributed by atoms with E-state index in [0.717, 1.165) is 50.7 Å². The fraction of sp³-hybridized carbons (Fsp3) is 0.706. The second-order valence-electron chi connectivity index (χ2n) is 6.59. The average molecular weight is 317 g/mol. The molecule has 1 saturated heterocycles. The van der Waals surface area contributed by atoms with E-state index >= 15 is 0 Å². The van der Waals surface area contributed by atoms with Gasteiger partial charge < -0.3 is 15.1 Å². The van der Waals surface area contributed by atoms with Gasteiger partial charge in [0.15, 0.2) is 0 Å². The quantitative estimate of drug-likeness (QED) is 0.922. The number of rotatable bonds is 4. The molecule has 2 heterocycles. The molecule has 0 unspecified atom stereocenters. The summed E-state index contributed by atoms with van der Waals surface area (Å²) in [5.74, 6) is 2.74. The third kappa shape index (κ3) is 4.12. The minimum atomic E-state index is 0.345. The first kappa shape index (κ1) is 16.0. The summed E-state index contributed by atoms with van der Waals surface area (Å²) in [6.45, 7) is 3.44. The molecule has 1 aromatic heterocycles. The van der Waals surface area contributed by atoms with Gasteiger partial charge in [-0.3, -0.25) is 4.79 Å². The van der Waals surface area contributed by atoms with Crippen molar-refractivity contribution in [3.63, 3.8) is 0 Å². The molecule has 1 aromatic rings. The molecular formula is C17H27N5O. The molecule has 0 bridgehead atoms. The van der Waals surface area contributed by atoms with Crippen LogP contribution in [0.1, 0.15) is 38.5 Å². The largest absolute Gasteiger partial charge is 0.373 e. The summed E-state index contributed by atoms with van der Waals surface area (Å²) in [5, 5.41) is 3.05. The highest BCUT2D eigenvalue weighted by Gasteiger charge is 2.24. The molecule has 2 aliphatic rings. The molecule has 1 aliphatic heterocycles. The van der Waals surface area contributed by atoms with Gasteiger partial charge in [-0.15, -0.1) is 0 Å². The number of aromatic nitrogens is 2. The third-order valence-corrected chi connectivity index (χ3v) is 5.02. The van der Waals surface area contributed by atoms with Crippen LogP contribution in [0.2, 0.25) is 0 Å². The Morgan fingerprint density at radius 1 is 1.17 bits per heavy atom. The van der Waals surface area contributed by atoms with Gasteiger partial charge in [0.1, 0.15) is 18.0 Å². The maximum atomic E-state index is 12.5. The molecule has 1 saturated carbocycles. The van der Waals surface area contributed by atoms with E-state index in [9.17, 15) is 4.79 Å². The van der Waals surface area contributed by atoms with Crippen molar-refractivity contribution in [2.75, 3.05) is 43.4 Å². The van der Waals surface area contributed by atoms with Crippen LogP contribution < -0.4 is 10.2 Å². The first-order chi connectivity index (χ1) is 11.3. The van der Waals surface area contributed by atoms with Gasteiger partial charge in [0.25, 0.3) is 0 Å². The van der Waals surface area contributed by atoms with Crippen LogP contribution >= 0.6 is 0 Å². The van der Waals surface area contributed by atoms with Gasteiger partial charge in [-0.05, 0) is 25.2 Å². The Kier molecular flexibility index (Phi) is 5.31. The van der Waals surface area contributed by atoms with Crippen LogP contribution in [-0.4, -0.2) is 54.0 Å². The summed E-state index contributed by atoms with van der Waals surface area (Å²) in [4.78, 5) is 25.4. The summed E-state index contributed by atoms with van der Waals surface area (Å²) in [6.07, 6.45) is 8.40. The molecule has 2 fully saturated rings. The second-order valence-corrected chi connectivity index (χ2v) is 6.59. The van der Waals surface area contributed by atoms with E-state index in [2.05, 4.69) is 25.1 Å². The smallest absolute Gasteiger partial charge is 0.222 e. The van der Waals surface area contributed by atoms with E-state index < -0.39 is 0 Å². The van der Waals surface area contributed by atoms with E-state index in [1.807, 2.05) is 13.1 Å². The zero-order valence-corrected chi connectivity index (χ0v) is 14.0. The number of anilines is 2. The Morgan fingerprint density at radius 3 is 2.78 bits per heavy atom. The summed E-state index contributed by atoms with van der Waals surface area (Å²) in [6, 6.07) is 1.97. The molecule has 0 aromatic carbocycles. The molecular weight excluding hydrogens is 290 g/mol. The van der Waals surface area contributed by atoms with E-state index in [1.54, 1.807) is 6.33 Å². The summed E-state index contributed by atoms with van der Waals surface area (Å²) >= 11 is 0. The van der Waals surface area contributed by atoms with Crippen molar-refractivity contribution in [1.82, 2.24) is 14.9 Å². The fourth-order valence-corrected chi connectivity index (χ4v) is 3.64. The first-order valence-corrected chi connectivity index (χ1v) is 8.79. The van der Waals surface area contributed by atoms with Crippen molar-refractivity contribution >= 4 is 17.5 Å². The van der Waals surface area contributed by atoms with Crippen LogP contribution in [0, 0.1) is 5.92 Å². The monoisotopic (exact) mass is 317 g/mol. The molecule has 6 nitrogen and oxygen atoms in total. The summed E-state index contributed by atoms with van der Waals surface area (Å²) in [5.41, 5.74) is 0. The second kappa shape index (κ2) is 7.62. The normalized spacial score (nSPS) is 19.7. The minimum Gasteiger partial charge on any atom is -0.373 e. The van der Waals surface area contributed by atoms with Crippen molar-refractivity contribution in [3.05, 3.63) is 12.4 Å². The lowest BCUT2D eigenvalue weighted by atomic mass is 10.0. The molecule has 1 N–H and O–H groups in total. The molecule has 0 radical (unpaired) electrons. The maximum Gasteiger partial charge on any atom is 0.222 e. The molecule has 0 atom stereocenters. The number of nitrogens with zero attached hydrogens (tertiary/aromatic N) is 4. The number of carbonyl (C=O) groups is 1. The molecule has 23 heavy (non-hydrogen) atoms. The van der Waals surface area contributed by atoms with Crippen LogP contribution in [-0.2, 0) is 4.79 Å². The van der Waals surface area contributed by atoms with Crippen LogP contribution in [0.25, 0.3) is 0 Å². The zero-order valence-electron chi connectivity index (χ0n) is 14.0. The number of hydrogen-bond donors (Lipinski definition) is 1. The van der Waals surface area contributed by atoms with Crippen molar-refractivity contribution in [3.8, 4) is 0 Å². The molecule has 1 amide bonds. The lowest BCUT2D eigenvalue weighted by Crippen LogP contribution is -2.36. The molecule has 6 heteroatoms. The first-order valence-electron chi connectivity index (χ1n) is 8.79. The molecule has 3 rings (SSSR count). The van der Waals surface area contributed by atoms with Crippen LogP contribution in [0.15, 0.2) is 12.4 Å². The van der Waals surface area contributed by atoms with Gasteiger partial charge in [-0.1, -0.05) is 12.8 Å². The highest BCUT2D eigenvalue weighted by Crippen LogP contribution is 2.28. The Morgan fingerprint density at radius 2 is 2.00 bits per heavy atom. The highest BCUT2D eigenvalue weighted by atomic mass is 16.2.